The summed E-state index contributed by atoms with van der Waals surface area (Å²) >= 11 is 0. The molecule has 2 aromatic rings. The van der Waals surface area contributed by atoms with Gasteiger partial charge in [-0.25, -0.2) is 8.42 Å². The SMILES string of the molecule is Cc1cc(C2CCCN2S(=O)(=O)c2cn[nH]c2)on1. The first-order valence-electron chi connectivity index (χ1n) is 6.03. The van der Waals surface area contributed by atoms with Crippen LogP contribution in [0.25, 0.3) is 0 Å². The van der Waals surface area contributed by atoms with Gasteiger partial charge in [0.2, 0.25) is 10.0 Å². The summed E-state index contributed by atoms with van der Waals surface area (Å²) in [4.78, 5) is 0.177. The van der Waals surface area contributed by atoms with Crippen LogP contribution in [0, 0.1) is 6.92 Å². The minimum absolute atomic E-state index is 0.177. The summed E-state index contributed by atoms with van der Waals surface area (Å²) in [5, 5.41) is 10.0. The van der Waals surface area contributed by atoms with Gasteiger partial charge in [0.15, 0.2) is 5.76 Å². The molecule has 0 amide bonds. The van der Waals surface area contributed by atoms with Crippen LogP contribution >= 0.6 is 0 Å². The molecule has 1 aliphatic rings. The van der Waals surface area contributed by atoms with Gasteiger partial charge in [-0.2, -0.15) is 9.40 Å². The molecule has 19 heavy (non-hydrogen) atoms. The maximum absolute atomic E-state index is 12.5. The smallest absolute Gasteiger partial charge is 0.246 e. The zero-order valence-corrected chi connectivity index (χ0v) is 11.2. The van der Waals surface area contributed by atoms with E-state index in [9.17, 15) is 8.42 Å². The first-order chi connectivity index (χ1) is 9.09. The van der Waals surface area contributed by atoms with Crippen molar-refractivity contribution in [2.45, 2.75) is 30.7 Å². The number of rotatable bonds is 3. The summed E-state index contributed by atoms with van der Waals surface area (Å²) in [6, 6.07) is 1.51. The number of hydrogen-bond acceptors (Lipinski definition) is 5. The van der Waals surface area contributed by atoms with E-state index in [1.54, 1.807) is 6.07 Å². The molecule has 8 heteroatoms. The van der Waals surface area contributed by atoms with Crippen molar-refractivity contribution < 1.29 is 12.9 Å². The Bertz CT molecular complexity index is 662. The van der Waals surface area contributed by atoms with Gasteiger partial charge >= 0.3 is 0 Å². The lowest BCUT2D eigenvalue weighted by Gasteiger charge is -2.21. The Hall–Kier alpha value is -1.67. The van der Waals surface area contributed by atoms with Gasteiger partial charge in [0.25, 0.3) is 0 Å². The van der Waals surface area contributed by atoms with E-state index in [0.717, 1.165) is 18.5 Å². The maximum Gasteiger partial charge on any atom is 0.246 e. The van der Waals surface area contributed by atoms with Crippen molar-refractivity contribution >= 4 is 10.0 Å². The number of aromatic amines is 1. The quantitative estimate of drug-likeness (QED) is 0.914. The van der Waals surface area contributed by atoms with E-state index >= 15 is 0 Å². The van der Waals surface area contributed by atoms with Gasteiger partial charge in [-0.15, -0.1) is 0 Å². The molecule has 2 aromatic heterocycles. The summed E-state index contributed by atoms with van der Waals surface area (Å²) in [5.41, 5.74) is 0.752. The minimum atomic E-state index is -3.53. The Morgan fingerprint density at radius 2 is 2.37 bits per heavy atom. The van der Waals surface area contributed by atoms with E-state index in [1.807, 2.05) is 6.92 Å². The van der Waals surface area contributed by atoms with Crippen molar-refractivity contribution in [3.63, 3.8) is 0 Å². The average molecular weight is 282 g/mol. The molecule has 0 saturated carbocycles. The van der Waals surface area contributed by atoms with Gasteiger partial charge in [-0.1, -0.05) is 5.16 Å². The van der Waals surface area contributed by atoms with E-state index in [4.69, 9.17) is 4.52 Å². The van der Waals surface area contributed by atoms with Crippen LogP contribution in [0.3, 0.4) is 0 Å². The first kappa shape index (κ1) is 12.4. The fourth-order valence-corrected chi connectivity index (χ4v) is 3.94. The van der Waals surface area contributed by atoms with Gasteiger partial charge in [-0.05, 0) is 19.8 Å². The van der Waals surface area contributed by atoms with Gasteiger partial charge in [0.05, 0.1) is 17.9 Å². The molecule has 1 fully saturated rings. The van der Waals surface area contributed by atoms with E-state index < -0.39 is 10.0 Å². The molecule has 1 saturated heterocycles. The largest absolute Gasteiger partial charge is 0.359 e. The number of aryl methyl sites for hydroxylation is 1. The highest BCUT2D eigenvalue weighted by molar-refractivity contribution is 7.89. The molecule has 0 aromatic carbocycles. The minimum Gasteiger partial charge on any atom is -0.359 e. The van der Waals surface area contributed by atoms with Gasteiger partial charge in [-0.3, -0.25) is 5.10 Å². The van der Waals surface area contributed by atoms with E-state index in [1.165, 1.54) is 16.7 Å². The van der Waals surface area contributed by atoms with Crippen molar-refractivity contribution in [2.75, 3.05) is 6.54 Å². The molecule has 3 heterocycles. The number of hydrogen-bond donors (Lipinski definition) is 1. The lowest BCUT2D eigenvalue weighted by molar-refractivity contribution is 0.297. The number of aromatic nitrogens is 3. The van der Waals surface area contributed by atoms with Crippen LogP contribution in [0.2, 0.25) is 0 Å². The zero-order valence-electron chi connectivity index (χ0n) is 10.4. The van der Waals surface area contributed by atoms with Crippen LogP contribution in [0.1, 0.15) is 30.3 Å². The highest BCUT2D eigenvalue weighted by Crippen LogP contribution is 2.36. The third-order valence-corrected chi connectivity index (χ3v) is 5.13. The van der Waals surface area contributed by atoms with E-state index in [0.29, 0.717) is 12.3 Å². The van der Waals surface area contributed by atoms with Gasteiger partial charge < -0.3 is 4.52 Å². The summed E-state index contributed by atoms with van der Waals surface area (Å²) in [6.45, 7) is 2.30. The van der Waals surface area contributed by atoms with Crippen LogP contribution in [0.15, 0.2) is 27.9 Å². The number of nitrogens with one attached hydrogen (secondary N) is 1. The molecule has 1 aliphatic heterocycles. The van der Waals surface area contributed by atoms with Crippen LogP contribution in [-0.4, -0.2) is 34.6 Å². The summed E-state index contributed by atoms with van der Waals surface area (Å²) < 4.78 is 31.6. The van der Waals surface area contributed by atoms with Crippen LogP contribution in [0.4, 0.5) is 0 Å². The second-order valence-electron chi connectivity index (χ2n) is 4.58. The van der Waals surface area contributed by atoms with Crippen LogP contribution in [0.5, 0.6) is 0 Å². The fourth-order valence-electron chi connectivity index (χ4n) is 2.37. The zero-order chi connectivity index (χ0) is 13.5. The fraction of sp³-hybridized carbons (Fsp3) is 0.455. The van der Waals surface area contributed by atoms with Crippen LogP contribution < -0.4 is 0 Å². The topological polar surface area (TPSA) is 92.1 Å². The van der Waals surface area contributed by atoms with Crippen molar-refractivity contribution in [1.29, 1.82) is 0 Å². The lowest BCUT2D eigenvalue weighted by Crippen LogP contribution is -2.30. The third-order valence-electron chi connectivity index (χ3n) is 3.26. The molecule has 0 aliphatic carbocycles. The van der Waals surface area contributed by atoms with Gasteiger partial charge in [0, 0.05) is 18.8 Å². The second-order valence-corrected chi connectivity index (χ2v) is 6.47. The third kappa shape index (κ3) is 2.06. The normalized spacial score (nSPS) is 21.0. The Labute approximate surface area is 110 Å². The van der Waals surface area contributed by atoms with Crippen LogP contribution in [-0.2, 0) is 10.0 Å². The molecule has 102 valence electrons. The molecule has 0 bridgehead atoms. The predicted octanol–water partition coefficient (Wildman–Crippen LogP) is 1.23. The molecule has 0 radical (unpaired) electrons. The Balaban J connectivity index is 1.96. The molecule has 1 N–H and O–H groups in total. The summed E-state index contributed by atoms with van der Waals surface area (Å²) in [5.74, 6) is 0.599. The highest BCUT2D eigenvalue weighted by Gasteiger charge is 2.38. The Kier molecular flexibility index (Phi) is 2.90. The molecule has 3 rings (SSSR count). The van der Waals surface area contributed by atoms with Gasteiger partial charge in [0.1, 0.15) is 4.90 Å². The highest BCUT2D eigenvalue weighted by atomic mass is 32.2. The Morgan fingerprint density at radius 3 is 3.00 bits per heavy atom. The molecule has 0 spiro atoms. The molecular weight excluding hydrogens is 268 g/mol. The van der Waals surface area contributed by atoms with Crippen molar-refractivity contribution in [1.82, 2.24) is 19.7 Å². The average Bonchev–Trinajstić information content (AvgIpc) is 3.10. The maximum atomic E-state index is 12.5. The van der Waals surface area contributed by atoms with Crippen molar-refractivity contribution in [3.05, 3.63) is 29.9 Å². The van der Waals surface area contributed by atoms with Crippen molar-refractivity contribution in [2.24, 2.45) is 0 Å². The van der Waals surface area contributed by atoms with E-state index in [-0.39, 0.29) is 10.9 Å². The molecular formula is C11H14N4O3S. The Morgan fingerprint density at radius 1 is 1.53 bits per heavy atom. The summed E-state index contributed by atoms with van der Waals surface area (Å²) in [6.07, 6.45) is 4.25. The molecule has 1 atom stereocenters. The predicted molar refractivity (Wildman–Crippen MR) is 65.7 cm³/mol. The number of H-pyrrole nitrogens is 1. The number of nitrogens with zero attached hydrogens (tertiary/aromatic N) is 3. The standard InChI is InChI=1S/C11H14N4O3S/c1-8-5-11(18-14-8)10-3-2-4-15(10)19(16,17)9-6-12-13-7-9/h5-7,10H,2-4H2,1H3,(H,12,13). The molecule has 1 unspecified atom stereocenters. The lowest BCUT2D eigenvalue weighted by atomic mass is 10.2. The molecule has 7 nitrogen and oxygen atoms in total. The summed E-state index contributed by atoms with van der Waals surface area (Å²) in [7, 11) is -3.53. The number of sulfonamides is 1. The monoisotopic (exact) mass is 282 g/mol. The second kappa shape index (κ2) is 4.46. The first-order valence-corrected chi connectivity index (χ1v) is 7.47. The van der Waals surface area contributed by atoms with Crippen molar-refractivity contribution in [3.8, 4) is 0 Å². The van der Waals surface area contributed by atoms with E-state index in [2.05, 4.69) is 15.4 Å².